The molecule has 3 aromatic rings. The van der Waals surface area contributed by atoms with Crippen LogP contribution in [-0.4, -0.2) is 32.8 Å². The Bertz CT molecular complexity index is 931. The molecule has 1 aromatic carbocycles. The fraction of sp³-hybridized carbons (Fsp3) is 0.211. The fourth-order valence-electron chi connectivity index (χ4n) is 2.95. The molecule has 0 saturated heterocycles. The molecule has 6 heteroatoms. The molecular weight excluding hydrogens is 332 g/mol. The molecule has 0 saturated carbocycles. The van der Waals surface area contributed by atoms with Gasteiger partial charge in [0.25, 0.3) is 4.84 Å². The van der Waals surface area contributed by atoms with Crippen molar-refractivity contribution in [3.05, 3.63) is 71.3 Å². The molecule has 0 atom stereocenters. The Morgan fingerprint density at radius 3 is 2.64 bits per heavy atom. The molecule has 126 valence electrons. The predicted molar refractivity (Wildman–Crippen MR) is 99.2 cm³/mol. The molecule has 2 aromatic heterocycles. The van der Waals surface area contributed by atoms with E-state index in [2.05, 4.69) is 45.3 Å². The van der Waals surface area contributed by atoms with Gasteiger partial charge in [-0.3, -0.25) is 9.88 Å². The summed E-state index contributed by atoms with van der Waals surface area (Å²) in [6.45, 7) is 2.47. The molecule has 1 aliphatic rings. The molecule has 0 N–H and O–H groups in total. The Balaban J connectivity index is 1.46. The molecule has 25 heavy (non-hydrogen) atoms. The molecule has 3 heterocycles. The number of hydrogen-bond acceptors (Lipinski definition) is 5. The van der Waals surface area contributed by atoms with Crippen molar-refractivity contribution in [2.45, 2.75) is 13.1 Å². The molecular formula is C19H18N4OS. The van der Waals surface area contributed by atoms with Gasteiger partial charge in [-0.25, -0.2) is 4.68 Å². The van der Waals surface area contributed by atoms with Crippen LogP contribution in [0.1, 0.15) is 12.0 Å². The average Bonchev–Trinajstić information content (AvgIpc) is 3.04. The zero-order valence-corrected chi connectivity index (χ0v) is 14.5. The van der Waals surface area contributed by atoms with Gasteiger partial charge in [-0.2, -0.15) is 0 Å². The van der Waals surface area contributed by atoms with Crippen LogP contribution < -0.4 is 0 Å². The van der Waals surface area contributed by atoms with E-state index in [1.54, 1.807) is 17.1 Å². The van der Waals surface area contributed by atoms with E-state index in [-0.39, 0.29) is 0 Å². The zero-order valence-electron chi connectivity index (χ0n) is 13.7. The number of pyridine rings is 1. The van der Waals surface area contributed by atoms with E-state index in [1.165, 1.54) is 11.1 Å². The topological polar surface area (TPSA) is 47.1 Å². The standard InChI is InChI=1S/C19H18N4OS/c25-19-23(21-18(24-19)17-7-4-10-20-13-17)14-22-11-8-16(9-12-22)15-5-2-1-3-6-15/h1-8,10,13H,9,11-12,14H2. The SMILES string of the molecule is S=c1oc(-c2cccnc2)nn1CN1CC=C(c2ccccc2)CC1. The molecule has 5 nitrogen and oxygen atoms in total. The first-order valence-electron chi connectivity index (χ1n) is 8.25. The summed E-state index contributed by atoms with van der Waals surface area (Å²) in [5.41, 5.74) is 3.54. The van der Waals surface area contributed by atoms with Crippen molar-refractivity contribution in [3.63, 3.8) is 0 Å². The first kappa shape index (κ1) is 15.9. The van der Waals surface area contributed by atoms with E-state index in [0.717, 1.165) is 25.1 Å². The van der Waals surface area contributed by atoms with Gasteiger partial charge < -0.3 is 4.42 Å². The lowest BCUT2D eigenvalue weighted by molar-refractivity contribution is 0.223. The van der Waals surface area contributed by atoms with Crippen molar-refractivity contribution in [2.75, 3.05) is 13.1 Å². The zero-order chi connectivity index (χ0) is 17.1. The Morgan fingerprint density at radius 2 is 1.92 bits per heavy atom. The number of nitrogens with zero attached hydrogens (tertiary/aromatic N) is 4. The lowest BCUT2D eigenvalue weighted by Gasteiger charge is -2.25. The van der Waals surface area contributed by atoms with E-state index in [1.807, 2.05) is 18.2 Å². The van der Waals surface area contributed by atoms with Gasteiger partial charge in [-0.05, 0) is 41.9 Å². The van der Waals surface area contributed by atoms with Gasteiger partial charge in [0.15, 0.2) is 0 Å². The maximum atomic E-state index is 5.62. The molecule has 4 rings (SSSR count). The second kappa shape index (κ2) is 7.13. The Hall–Kier alpha value is -2.57. The van der Waals surface area contributed by atoms with E-state index in [9.17, 15) is 0 Å². The van der Waals surface area contributed by atoms with Crippen LogP contribution >= 0.6 is 12.2 Å². The molecule has 0 bridgehead atoms. The van der Waals surface area contributed by atoms with E-state index < -0.39 is 0 Å². The monoisotopic (exact) mass is 350 g/mol. The Morgan fingerprint density at radius 1 is 1.08 bits per heavy atom. The maximum Gasteiger partial charge on any atom is 0.288 e. The average molecular weight is 350 g/mol. The van der Waals surface area contributed by atoms with E-state index in [4.69, 9.17) is 16.6 Å². The smallest absolute Gasteiger partial charge is 0.288 e. The molecule has 0 radical (unpaired) electrons. The highest BCUT2D eigenvalue weighted by Crippen LogP contribution is 2.22. The maximum absolute atomic E-state index is 5.62. The molecule has 0 unspecified atom stereocenters. The molecule has 1 aliphatic heterocycles. The summed E-state index contributed by atoms with van der Waals surface area (Å²) < 4.78 is 7.35. The predicted octanol–water partition coefficient (Wildman–Crippen LogP) is 4.01. The molecule has 0 aliphatic carbocycles. The van der Waals surface area contributed by atoms with E-state index >= 15 is 0 Å². The van der Waals surface area contributed by atoms with Crippen LogP contribution in [0.25, 0.3) is 17.0 Å². The third-order valence-corrected chi connectivity index (χ3v) is 4.58. The number of rotatable bonds is 4. The summed E-state index contributed by atoms with van der Waals surface area (Å²) in [6.07, 6.45) is 6.75. The molecule has 0 fully saturated rings. The summed E-state index contributed by atoms with van der Waals surface area (Å²) >= 11 is 5.31. The van der Waals surface area contributed by atoms with Crippen molar-refractivity contribution in [1.29, 1.82) is 0 Å². The van der Waals surface area contributed by atoms with Crippen molar-refractivity contribution in [2.24, 2.45) is 0 Å². The van der Waals surface area contributed by atoms with Crippen LogP contribution in [0.15, 0.2) is 65.4 Å². The highest BCUT2D eigenvalue weighted by molar-refractivity contribution is 7.71. The van der Waals surface area contributed by atoms with Gasteiger partial charge in [-0.15, -0.1) is 5.10 Å². The third-order valence-electron chi connectivity index (χ3n) is 4.29. The number of aromatic nitrogens is 3. The van der Waals surface area contributed by atoms with Crippen LogP contribution in [0.2, 0.25) is 0 Å². The van der Waals surface area contributed by atoms with Crippen LogP contribution in [0.4, 0.5) is 0 Å². The van der Waals surface area contributed by atoms with Crippen molar-refractivity contribution in [1.82, 2.24) is 19.7 Å². The molecule has 0 amide bonds. The lowest BCUT2D eigenvalue weighted by atomic mass is 10.00. The van der Waals surface area contributed by atoms with Crippen molar-refractivity contribution >= 4 is 17.8 Å². The second-order valence-corrected chi connectivity index (χ2v) is 6.33. The largest absolute Gasteiger partial charge is 0.409 e. The van der Waals surface area contributed by atoms with Crippen molar-refractivity contribution < 1.29 is 4.42 Å². The second-order valence-electron chi connectivity index (χ2n) is 5.98. The summed E-state index contributed by atoms with van der Waals surface area (Å²) in [5, 5.41) is 4.49. The summed E-state index contributed by atoms with van der Waals surface area (Å²) in [6, 6.07) is 14.3. The summed E-state index contributed by atoms with van der Waals surface area (Å²) in [4.78, 5) is 6.78. The minimum absolute atomic E-state index is 0.386. The lowest BCUT2D eigenvalue weighted by Crippen LogP contribution is -2.31. The first-order chi connectivity index (χ1) is 12.3. The van der Waals surface area contributed by atoms with Gasteiger partial charge >= 0.3 is 0 Å². The van der Waals surface area contributed by atoms with Gasteiger partial charge in [0.2, 0.25) is 5.89 Å². The van der Waals surface area contributed by atoms with Crippen LogP contribution in [0.3, 0.4) is 0 Å². The van der Waals surface area contributed by atoms with Gasteiger partial charge in [0, 0.05) is 25.5 Å². The van der Waals surface area contributed by atoms with Gasteiger partial charge in [0.1, 0.15) is 0 Å². The van der Waals surface area contributed by atoms with E-state index in [0.29, 0.717) is 17.4 Å². The van der Waals surface area contributed by atoms with Crippen LogP contribution in [0.5, 0.6) is 0 Å². The highest BCUT2D eigenvalue weighted by atomic mass is 32.1. The Labute approximate surface area is 151 Å². The number of benzene rings is 1. The number of hydrogen-bond donors (Lipinski definition) is 0. The third kappa shape index (κ3) is 3.60. The molecule has 0 spiro atoms. The first-order valence-corrected chi connectivity index (χ1v) is 8.65. The van der Waals surface area contributed by atoms with Gasteiger partial charge in [-0.1, -0.05) is 36.4 Å². The van der Waals surface area contributed by atoms with Crippen LogP contribution in [0, 0.1) is 4.84 Å². The summed E-state index contributed by atoms with van der Waals surface area (Å²) in [7, 11) is 0. The normalized spacial score (nSPS) is 15.1. The van der Waals surface area contributed by atoms with Gasteiger partial charge in [0.05, 0.1) is 12.2 Å². The fourth-order valence-corrected chi connectivity index (χ4v) is 3.12. The van der Waals surface area contributed by atoms with Crippen molar-refractivity contribution in [3.8, 4) is 11.5 Å². The minimum atomic E-state index is 0.386. The Kier molecular flexibility index (Phi) is 4.54. The van der Waals surface area contributed by atoms with Crippen LogP contribution in [-0.2, 0) is 6.67 Å². The minimum Gasteiger partial charge on any atom is -0.409 e. The highest BCUT2D eigenvalue weighted by Gasteiger charge is 2.15. The summed E-state index contributed by atoms with van der Waals surface area (Å²) in [5.74, 6) is 0.510. The quantitative estimate of drug-likeness (QED) is 0.665.